The van der Waals surface area contributed by atoms with Gasteiger partial charge in [-0.1, -0.05) is 37.6 Å². The van der Waals surface area contributed by atoms with Gasteiger partial charge in [0.15, 0.2) is 0 Å². The fraction of sp³-hybridized carbons (Fsp3) is 0.625. The van der Waals surface area contributed by atoms with Gasteiger partial charge in [0.25, 0.3) is 0 Å². The van der Waals surface area contributed by atoms with Crippen molar-refractivity contribution >= 4 is 0 Å². The number of rotatable bonds is 9. The molecular weight excluding hydrogens is 206 g/mol. The van der Waals surface area contributed by atoms with Crippen molar-refractivity contribution in [2.24, 2.45) is 0 Å². The second kappa shape index (κ2) is 10.2. The molecule has 0 amide bonds. The van der Waals surface area contributed by atoms with Crippen LogP contribution in [-0.4, -0.2) is 6.54 Å². The van der Waals surface area contributed by atoms with Gasteiger partial charge in [0.05, 0.1) is 0 Å². The minimum Gasteiger partial charge on any atom is -0.388 e. The molecule has 0 aliphatic rings. The number of unbranched alkanes of at least 4 members (excludes halogenated alkanes) is 2. The van der Waals surface area contributed by atoms with Crippen molar-refractivity contribution in [2.45, 2.75) is 59.8 Å². The third kappa shape index (κ3) is 7.84. The van der Waals surface area contributed by atoms with E-state index in [9.17, 15) is 0 Å². The molecule has 0 atom stereocenters. The van der Waals surface area contributed by atoms with Crippen LogP contribution in [0.25, 0.3) is 0 Å². The van der Waals surface area contributed by atoms with E-state index in [0.717, 1.165) is 6.54 Å². The maximum atomic E-state index is 3.77. The van der Waals surface area contributed by atoms with Crippen LogP contribution in [0.4, 0.5) is 0 Å². The van der Waals surface area contributed by atoms with Gasteiger partial charge in [0, 0.05) is 12.2 Å². The highest BCUT2D eigenvalue weighted by Gasteiger charge is 1.95. The molecule has 0 spiro atoms. The Morgan fingerprint density at radius 2 is 1.88 bits per heavy atom. The summed E-state index contributed by atoms with van der Waals surface area (Å²) in [4.78, 5) is 0. The minimum absolute atomic E-state index is 1.08. The molecule has 0 radical (unpaired) electrons. The highest BCUT2D eigenvalue weighted by molar-refractivity contribution is 5.18. The van der Waals surface area contributed by atoms with Crippen molar-refractivity contribution in [1.82, 2.24) is 5.32 Å². The number of hydrogen-bond acceptors (Lipinski definition) is 1. The monoisotopic (exact) mass is 235 g/mol. The molecule has 0 aromatic carbocycles. The van der Waals surface area contributed by atoms with Crippen molar-refractivity contribution in [2.75, 3.05) is 6.54 Å². The predicted molar refractivity (Wildman–Crippen MR) is 79.1 cm³/mol. The van der Waals surface area contributed by atoms with Crippen LogP contribution in [0, 0.1) is 0 Å². The van der Waals surface area contributed by atoms with E-state index >= 15 is 0 Å². The largest absolute Gasteiger partial charge is 0.388 e. The van der Waals surface area contributed by atoms with Crippen LogP contribution < -0.4 is 5.32 Å². The zero-order valence-corrected chi connectivity index (χ0v) is 12.1. The summed E-state index contributed by atoms with van der Waals surface area (Å²) in [6.07, 6.45) is 10.5. The number of nitrogens with one attached hydrogen (secondary N) is 1. The number of allylic oxidation sites excluding steroid dienone is 5. The van der Waals surface area contributed by atoms with Crippen LogP contribution in [0.2, 0.25) is 0 Å². The average molecular weight is 235 g/mol. The molecule has 0 saturated carbocycles. The molecule has 0 aliphatic carbocycles. The maximum Gasteiger partial charge on any atom is 0.0143 e. The molecule has 1 nitrogen and oxygen atoms in total. The molecule has 0 bridgehead atoms. The lowest BCUT2D eigenvalue weighted by Crippen LogP contribution is -2.13. The standard InChI is InChI=1S/C16H29N/c1-6-14(4)15(5)17-13-11-9-10-12-16(7-2)8-3/h6-7,17H,1,8-13H2,2-5H3/b15-14-,16-7+. The Morgan fingerprint density at radius 3 is 2.41 bits per heavy atom. The molecule has 0 saturated heterocycles. The van der Waals surface area contributed by atoms with E-state index in [0.29, 0.717) is 0 Å². The van der Waals surface area contributed by atoms with E-state index < -0.39 is 0 Å². The second-order valence-corrected chi connectivity index (χ2v) is 4.55. The zero-order valence-electron chi connectivity index (χ0n) is 12.1. The summed E-state index contributed by atoms with van der Waals surface area (Å²) in [5, 5.41) is 3.44. The molecule has 0 unspecified atom stereocenters. The van der Waals surface area contributed by atoms with Crippen LogP contribution in [0.15, 0.2) is 35.6 Å². The third-order valence-electron chi connectivity index (χ3n) is 3.32. The first-order valence-electron chi connectivity index (χ1n) is 6.83. The molecule has 1 heteroatoms. The lowest BCUT2D eigenvalue weighted by Gasteiger charge is -2.09. The molecule has 0 aliphatic heterocycles. The Labute approximate surface area is 108 Å². The molecule has 0 fully saturated rings. The van der Waals surface area contributed by atoms with Gasteiger partial charge in [-0.25, -0.2) is 0 Å². The van der Waals surface area contributed by atoms with E-state index in [2.05, 4.69) is 45.7 Å². The highest BCUT2D eigenvalue weighted by Crippen LogP contribution is 2.11. The van der Waals surface area contributed by atoms with Crippen molar-refractivity contribution in [3.63, 3.8) is 0 Å². The van der Waals surface area contributed by atoms with Crippen LogP contribution in [0.3, 0.4) is 0 Å². The summed E-state index contributed by atoms with van der Waals surface area (Å²) in [5.74, 6) is 0. The van der Waals surface area contributed by atoms with Crippen molar-refractivity contribution in [1.29, 1.82) is 0 Å². The van der Waals surface area contributed by atoms with Crippen molar-refractivity contribution in [3.05, 3.63) is 35.6 Å². The van der Waals surface area contributed by atoms with Gasteiger partial charge < -0.3 is 5.32 Å². The van der Waals surface area contributed by atoms with Crippen molar-refractivity contribution in [3.8, 4) is 0 Å². The quantitative estimate of drug-likeness (QED) is 0.338. The Hall–Kier alpha value is -0.980. The fourth-order valence-corrected chi connectivity index (χ4v) is 1.75. The van der Waals surface area contributed by atoms with E-state index in [4.69, 9.17) is 0 Å². The van der Waals surface area contributed by atoms with Gasteiger partial charge in [-0.3, -0.25) is 0 Å². The predicted octanol–water partition coefficient (Wildman–Crippen LogP) is 4.97. The van der Waals surface area contributed by atoms with Crippen molar-refractivity contribution < 1.29 is 0 Å². The highest BCUT2D eigenvalue weighted by atomic mass is 14.9. The molecule has 0 aromatic heterocycles. The second-order valence-electron chi connectivity index (χ2n) is 4.55. The lowest BCUT2D eigenvalue weighted by atomic mass is 10.1. The molecule has 1 N–H and O–H groups in total. The first-order valence-corrected chi connectivity index (χ1v) is 6.83. The van der Waals surface area contributed by atoms with Gasteiger partial charge in [-0.15, -0.1) is 0 Å². The van der Waals surface area contributed by atoms with Gasteiger partial charge in [0.1, 0.15) is 0 Å². The summed E-state index contributed by atoms with van der Waals surface area (Å²) in [5.41, 5.74) is 4.09. The van der Waals surface area contributed by atoms with Crippen LogP contribution in [-0.2, 0) is 0 Å². The summed E-state index contributed by atoms with van der Waals surface area (Å²) in [6, 6.07) is 0. The minimum atomic E-state index is 1.08. The molecule has 98 valence electrons. The summed E-state index contributed by atoms with van der Waals surface area (Å²) in [7, 11) is 0. The lowest BCUT2D eigenvalue weighted by molar-refractivity contribution is 0.635. The average Bonchev–Trinajstić information content (AvgIpc) is 2.36. The first kappa shape index (κ1) is 16.0. The van der Waals surface area contributed by atoms with Gasteiger partial charge in [-0.2, -0.15) is 0 Å². The van der Waals surface area contributed by atoms with Crippen LogP contribution in [0.5, 0.6) is 0 Å². The van der Waals surface area contributed by atoms with Gasteiger partial charge in [0.2, 0.25) is 0 Å². The SMILES string of the molecule is C=C/C(C)=C(/C)NCCCCC/C(=C/C)CC. The van der Waals surface area contributed by atoms with Gasteiger partial charge in [-0.05, 0) is 52.0 Å². The molecule has 0 heterocycles. The van der Waals surface area contributed by atoms with Gasteiger partial charge >= 0.3 is 0 Å². The molecular formula is C16H29N. The fourth-order valence-electron chi connectivity index (χ4n) is 1.75. The van der Waals surface area contributed by atoms with E-state index in [1.54, 1.807) is 5.57 Å². The van der Waals surface area contributed by atoms with E-state index in [1.165, 1.54) is 43.4 Å². The third-order valence-corrected chi connectivity index (χ3v) is 3.32. The Bertz CT molecular complexity index is 271. The Balaban J connectivity index is 3.57. The number of hydrogen-bond donors (Lipinski definition) is 1. The van der Waals surface area contributed by atoms with Crippen LogP contribution in [0.1, 0.15) is 59.8 Å². The molecule has 0 aromatic rings. The smallest absolute Gasteiger partial charge is 0.0143 e. The summed E-state index contributed by atoms with van der Waals surface area (Å²) in [6.45, 7) is 13.4. The molecule has 17 heavy (non-hydrogen) atoms. The topological polar surface area (TPSA) is 12.0 Å². The van der Waals surface area contributed by atoms with Crippen LogP contribution >= 0.6 is 0 Å². The normalized spacial score (nSPS) is 13.3. The zero-order chi connectivity index (χ0) is 13.1. The first-order chi connectivity index (χ1) is 8.15. The summed E-state index contributed by atoms with van der Waals surface area (Å²) < 4.78 is 0. The maximum absolute atomic E-state index is 3.77. The Morgan fingerprint density at radius 1 is 1.18 bits per heavy atom. The van der Waals surface area contributed by atoms with E-state index in [1.807, 2.05) is 6.08 Å². The summed E-state index contributed by atoms with van der Waals surface area (Å²) >= 11 is 0. The Kier molecular flexibility index (Phi) is 9.60. The van der Waals surface area contributed by atoms with E-state index in [-0.39, 0.29) is 0 Å². The molecule has 0 rings (SSSR count).